The maximum Gasteiger partial charge on any atom is 0.326 e. The van der Waals surface area contributed by atoms with E-state index in [0.717, 1.165) is 0 Å². The van der Waals surface area contributed by atoms with Gasteiger partial charge in [0.1, 0.15) is 6.04 Å². The lowest BCUT2D eigenvalue weighted by atomic mass is 10.1. The first kappa shape index (κ1) is 16.1. The van der Waals surface area contributed by atoms with Crippen LogP contribution >= 0.6 is 0 Å². The van der Waals surface area contributed by atoms with Crippen molar-refractivity contribution < 1.29 is 29.0 Å². The van der Waals surface area contributed by atoms with E-state index in [1.165, 1.54) is 0 Å². The molecule has 0 aliphatic rings. The van der Waals surface area contributed by atoms with Crippen molar-refractivity contribution in [1.82, 2.24) is 10.6 Å². The van der Waals surface area contributed by atoms with Gasteiger partial charge in [-0.15, -0.1) is 0 Å². The Balaban J connectivity index is 3.96. The van der Waals surface area contributed by atoms with Gasteiger partial charge in [-0.1, -0.05) is 0 Å². The third-order valence-electron chi connectivity index (χ3n) is 2.10. The van der Waals surface area contributed by atoms with E-state index in [0.29, 0.717) is 12.8 Å². The summed E-state index contributed by atoms with van der Waals surface area (Å²) in [7, 11) is 0. The first-order valence-electron chi connectivity index (χ1n) is 5.52. The molecule has 7 nitrogen and oxygen atoms in total. The molecule has 104 valence electrons. The summed E-state index contributed by atoms with van der Waals surface area (Å²) in [5.41, 5.74) is 0. The molecule has 0 aromatic heterocycles. The van der Waals surface area contributed by atoms with Crippen molar-refractivity contribution in [2.24, 2.45) is 0 Å². The molecule has 0 aliphatic carbocycles. The number of urea groups is 1. The van der Waals surface area contributed by atoms with Gasteiger partial charge in [-0.2, -0.15) is 0 Å². The van der Waals surface area contributed by atoms with Gasteiger partial charge < -0.3 is 20.8 Å². The molecule has 0 heterocycles. The summed E-state index contributed by atoms with van der Waals surface area (Å²) in [5, 5.41) is 21.7. The van der Waals surface area contributed by atoms with Crippen LogP contribution in [-0.4, -0.2) is 47.4 Å². The van der Waals surface area contributed by atoms with Gasteiger partial charge in [0, 0.05) is 13.0 Å². The van der Waals surface area contributed by atoms with Gasteiger partial charge in [-0.25, -0.2) is 9.59 Å². The number of hydrogen-bond donors (Lipinski definition) is 4. The summed E-state index contributed by atoms with van der Waals surface area (Å²) in [6.45, 7) is -0.235. The highest BCUT2D eigenvalue weighted by molar-refractivity contribution is 5.82. The van der Waals surface area contributed by atoms with E-state index in [4.69, 9.17) is 10.2 Å². The molecule has 0 spiro atoms. The highest BCUT2D eigenvalue weighted by atomic mass is 19.1. The van der Waals surface area contributed by atoms with Crippen LogP contribution in [0, 0.1) is 0 Å². The third kappa shape index (κ3) is 8.31. The lowest BCUT2D eigenvalue weighted by molar-refractivity contribution is -0.140. The van der Waals surface area contributed by atoms with Gasteiger partial charge in [0.15, 0.2) is 0 Å². The van der Waals surface area contributed by atoms with E-state index in [1.54, 1.807) is 0 Å². The molecule has 4 N–H and O–H groups in total. The molecule has 8 heteroatoms. The number of carbonyl (C=O) groups is 3. The summed E-state index contributed by atoms with van der Waals surface area (Å²) in [4.78, 5) is 32.3. The number of amides is 2. The van der Waals surface area contributed by atoms with Gasteiger partial charge in [0.2, 0.25) is 0 Å². The van der Waals surface area contributed by atoms with Crippen LogP contribution in [0.15, 0.2) is 0 Å². The Hall–Kier alpha value is -1.86. The summed E-state index contributed by atoms with van der Waals surface area (Å²) >= 11 is 0. The number of halogens is 1. The van der Waals surface area contributed by atoms with Crippen molar-refractivity contribution in [3.8, 4) is 0 Å². The SMILES string of the molecule is O=C(O)CC[C@H](NC(=O)NCCCCF)C(=O)O. The fraction of sp³-hybridized carbons (Fsp3) is 0.700. The number of rotatable bonds is 9. The van der Waals surface area contributed by atoms with Crippen LogP contribution in [0.1, 0.15) is 25.7 Å². The zero-order chi connectivity index (χ0) is 14.0. The average molecular weight is 264 g/mol. The number of aliphatic carboxylic acids is 2. The van der Waals surface area contributed by atoms with Crippen LogP contribution in [0.25, 0.3) is 0 Å². The van der Waals surface area contributed by atoms with Crippen molar-refractivity contribution in [2.75, 3.05) is 13.2 Å². The predicted molar refractivity (Wildman–Crippen MR) is 60.0 cm³/mol. The molecule has 0 rings (SSSR count). The molecular weight excluding hydrogens is 247 g/mol. The summed E-state index contributed by atoms with van der Waals surface area (Å²) in [6.07, 6.45) is 0.236. The lowest BCUT2D eigenvalue weighted by Gasteiger charge is -2.14. The number of alkyl halides is 1. The Kier molecular flexibility index (Phi) is 8.25. The van der Waals surface area contributed by atoms with Crippen molar-refractivity contribution >= 4 is 18.0 Å². The molecule has 0 aliphatic heterocycles. The lowest BCUT2D eigenvalue weighted by Crippen LogP contribution is -2.46. The van der Waals surface area contributed by atoms with Gasteiger partial charge in [-0.05, 0) is 19.3 Å². The maximum absolute atomic E-state index is 11.7. The number of hydrogen-bond acceptors (Lipinski definition) is 3. The van der Waals surface area contributed by atoms with E-state index in [9.17, 15) is 18.8 Å². The minimum Gasteiger partial charge on any atom is -0.481 e. The van der Waals surface area contributed by atoms with Crippen LogP contribution in [0.3, 0.4) is 0 Å². The fourth-order valence-electron chi connectivity index (χ4n) is 1.16. The van der Waals surface area contributed by atoms with Gasteiger partial charge in [-0.3, -0.25) is 9.18 Å². The first-order chi connectivity index (χ1) is 8.47. The normalized spacial score (nSPS) is 11.6. The Bertz CT molecular complexity index is 298. The second-order valence-corrected chi connectivity index (χ2v) is 3.62. The molecule has 0 unspecified atom stereocenters. The molecule has 0 saturated heterocycles. The van der Waals surface area contributed by atoms with E-state index in [2.05, 4.69) is 10.6 Å². The highest BCUT2D eigenvalue weighted by Crippen LogP contribution is 1.98. The van der Waals surface area contributed by atoms with Crippen molar-refractivity contribution in [3.05, 3.63) is 0 Å². The Morgan fingerprint density at radius 2 is 1.83 bits per heavy atom. The average Bonchev–Trinajstić information content (AvgIpc) is 2.29. The van der Waals surface area contributed by atoms with E-state index >= 15 is 0 Å². The number of carboxylic acids is 2. The van der Waals surface area contributed by atoms with Crippen LogP contribution in [0.5, 0.6) is 0 Å². The zero-order valence-electron chi connectivity index (χ0n) is 9.82. The standard InChI is InChI=1S/C10H17FN2O5/c11-5-1-2-6-12-10(18)13-7(9(16)17)3-4-8(14)15/h7H,1-6H2,(H,14,15)(H,16,17)(H2,12,13,18)/t7-/m0/s1. The fourth-order valence-corrected chi connectivity index (χ4v) is 1.16. The molecule has 0 bridgehead atoms. The minimum absolute atomic E-state index is 0.192. The van der Waals surface area contributed by atoms with Gasteiger partial charge in [0.25, 0.3) is 0 Å². The van der Waals surface area contributed by atoms with Crippen molar-refractivity contribution in [3.63, 3.8) is 0 Å². The molecule has 18 heavy (non-hydrogen) atoms. The molecule has 2 amide bonds. The summed E-state index contributed by atoms with van der Waals surface area (Å²) in [6, 6.07) is -1.95. The van der Waals surface area contributed by atoms with E-state index < -0.39 is 30.7 Å². The molecular formula is C10H17FN2O5. The van der Waals surface area contributed by atoms with Crippen LogP contribution < -0.4 is 10.6 Å². The molecule has 0 radical (unpaired) electrons. The van der Waals surface area contributed by atoms with Crippen LogP contribution in [-0.2, 0) is 9.59 Å². The van der Waals surface area contributed by atoms with E-state index in [-0.39, 0.29) is 19.4 Å². The number of nitrogens with one attached hydrogen (secondary N) is 2. The van der Waals surface area contributed by atoms with Gasteiger partial charge >= 0.3 is 18.0 Å². The molecule has 1 atom stereocenters. The summed E-state index contributed by atoms with van der Waals surface area (Å²) < 4.78 is 11.7. The van der Waals surface area contributed by atoms with Crippen molar-refractivity contribution in [2.45, 2.75) is 31.7 Å². The monoisotopic (exact) mass is 264 g/mol. The second kappa shape index (κ2) is 9.20. The van der Waals surface area contributed by atoms with Crippen LogP contribution in [0.4, 0.5) is 9.18 Å². The molecule has 0 aromatic rings. The van der Waals surface area contributed by atoms with Crippen molar-refractivity contribution in [1.29, 1.82) is 0 Å². The largest absolute Gasteiger partial charge is 0.481 e. The molecule has 0 aromatic carbocycles. The highest BCUT2D eigenvalue weighted by Gasteiger charge is 2.20. The molecule has 0 saturated carbocycles. The number of carboxylic acid groups (broad SMARTS) is 2. The minimum atomic E-state index is -1.30. The smallest absolute Gasteiger partial charge is 0.326 e. The van der Waals surface area contributed by atoms with Crippen LogP contribution in [0.2, 0.25) is 0 Å². The quantitative estimate of drug-likeness (QED) is 0.448. The number of unbranched alkanes of at least 4 members (excludes halogenated alkanes) is 1. The molecule has 0 fully saturated rings. The Labute approximate surface area is 103 Å². The van der Waals surface area contributed by atoms with E-state index in [1.807, 2.05) is 0 Å². The Morgan fingerprint density at radius 3 is 2.33 bits per heavy atom. The first-order valence-corrected chi connectivity index (χ1v) is 5.52. The Morgan fingerprint density at radius 1 is 1.17 bits per heavy atom. The van der Waals surface area contributed by atoms with Gasteiger partial charge in [0.05, 0.1) is 6.67 Å². The third-order valence-corrected chi connectivity index (χ3v) is 2.10. The second-order valence-electron chi connectivity index (χ2n) is 3.62. The summed E-state index contributed by atoms with van der Waals surface area (Å²) in [5.74, 6) is -2.43. The predicted octanol–water partition coefficient (Wildman–Crippen LogP) is 0.353. The zero-order valence-corrected chi connectivity index (χ0v) is 9.82. The topological polar surface area (TPSA) is 116 Å². The number of carbonyl (C=O) groups excluding carboxylic acids is 1. The maximum atomic E-state index is 11.7.